The zero-order chi connectivity index (χ0) is 6.57. The Kier molecular flexibility index (Phi) is 4.22. The van der Waals surface area contributed by atoms with Gasteiger partial charge in [-0.1, -0.05) is 6.92 Å². The van der Waals surface area contributed by atoms with Gasteiger partial charge in [0.05, 0.1) is 0 Å². The molecule has 0 aliphatic heterocycles. The molecule has 0 aromatic heterocycles. The van der Waals surface area contributed by atoms with Gasteiger partial charge in [0.1, 0.15) is 0 Å². The molecule has 0 unspecified atom stereocenters. The lowest BCUT2D eigenvalue weighted by Crippen LogP contribution is -2.06. The molecular formula is C5H9IO2. The molecule has 0 aromatic carbocycles. The summed E-state index contributed by atoms with van der Waals surface area (Å²) in [4.78, 5) is 10.2. The number of carbonyl (C=O) groups is 1. The van der Waals surface area contributed by atoms with Crippen molar-refractivity contribution >= 4 is 28.6 Å². The van der Waals surface area contributed by atoms with E-state index in [1.54, 1.807) is 0 Å². The number of alkyl halides is 1. The van der Waals surface area contributed by atoms with E-state index >= 15 is 0 Å². The van der Waals surface area contributed by atoms with Crippen molar-refractivity contribution in [2.75, 3.05) is 0 Å². The smallest absolute Gasteiger partial charge is 0.303 e. The standard InChI is InChI=1S/C5H9IO2/c1-3-5(6)8-4(2)7/h5H,3H2,1-2H3/t5-/m0/s1. The molecular weight excluding hydrogens is 219 g/mol. The van der Waals surface area contributed by atoms with E-state index in [0.717, 1.165) is 6.42 Å². The van der Waals surface area contributed by atoms with Crippen LogP contribution in [0.4, 0.5) is 0 Å². The summed E-state index contributed by atoms with van der Waals surface area (Å²) in [5, 5.41) is 0. The van der Waals surface area contributed by atoms with Gasteiger partial charge < -0.3 is 4.74 Å². The maximum atomic E-state index is 10.2. The quantitative estimate of drug-likeness (QED) is 0.408. The Bertz CT molecular complexity index is 82.5. The second-order valence-corrected chi connectivity index (χ2v) is 2.82. The molecule has 0 bridgehead atoms. The maximum Gasteiger partial charge on any atom is 0.303 e. The largest absolute Gasteiger partial charge is 0.452 e. The highest BCUT2D eigenvalue weighted by Crippen LogP contribution is 2.05. The second kappa shape index (κ2) is 4.12. The van der Waals surface area contributed by atoms with Gasteiger partial charge in [-0.3, -0.25) is 4.79 Å². The van der Waals surface area contributed by atoms with Crippen LogP contribution in [0, 0.1) is 0 Å². The Labute approximate surface area is 62.7 Å². The number of hydrogen-bond donors (Lipinski definition) is 0. The van der Waals surface area contributed by atoms with Crippen molar-refractivity contribution in [1.82, 2.24) is 0 Å². The summed E-state index contributed by atoms with van der Waals surface area (Å²) < 4.78 is 4.79. The lowest BCUT2D eigenvalue weighted by atomic mass is 10.5. The van der Waals surface area contributed by atoms with Crippen molar-refractivity contribution in [1.29, 1.82) is 0 Å². The predicted octanol–water partition coefficient (Wildman–Crippen LogP) is 1.72. The van der Waals surface area contributed by atoms with Crippen molar-refractivity contribution in [3.05, 3.63) is 0 Å². The number of esters is 1. The molecule has 48 valence electrons. The van der Waals surface area contributed by atoms with E-state index < -0.39 is 0 Å². The van der Waals surface area contributed by atoms with E-state index in [2.05, 4.69) is 22.6 Å². The zero-order valence-corrected chi connectivity index (χ0v) is 7.14. The number of carbonyl (C=O) groups excluding carboxylic acids is 1. The molecule has 0 amide bonds. The first-order chi connectivity index (χ1) is 3.66. The van der Waals surface area contributed by atoms with E-state index in [9.17, 15) is 4.79 Å². The minimum atomic E-state index is -0.203. The Morgan fingerprint density at radius 3 is 2.50 bits per heavy atom. The molecule has 1 atom stereocenters. The summed E-state index contributed by atoms with van der Waals surface area (Å²) in [5.74, 6) is -0.203. The number of hydrogen-bond acceptors (Lipinski definition) is 2. The first kappa shape index (κ1) is 8.20. The molecule has 0 spiro atoms. The van der Waals surface area contributed by atoms with Crippen molar-refractivity contribution < 1.29 is 9.53 Å². The molecule has 0 rings (SSSR count). The van der Waals surface area contributed by atoms with Crippen molar-refractivity contribution in [3.8, 4) is 0 Å². The second-order valence-electron chi connectivity index (χ2n) is 1.43. The Balaban J connectivity index is 3.24. The maximum absolute atomic E-state index is 10.2. The molecule has 0 aromatic rings. The molecule has 8 heavy (non-hydrogen) atoms. The van der Waals surface area contributed by atoms with Gasteiger partial charge in [0, 0.05) is 6.92 Å². The lowest BCUT2D eigenvalue weighted by molar-refractivity contribution is -0.141. The fourth-order valence-corrected chi connectivity index (χ4v) is 0.621. The average molecular weight is 228 g/mol. The summed E-state index contributed by atoms with van der Waals surface area (Å²) in [5.41, 5.74) is 0. The van der Waals surface area contributed by atoms with Gasteiger partial charge >= 0.3 is 5.97 Å². The van der Waals surface area contributed by atoms with Crippen LogP contribution in [0.2, 0.25) is 0 Å². The molecule has 0 aliphatic rings. The zero-order valence-electron chi connectivity index (χ0n) is 4.98. The van der Waals surface area contributed by atoms with E-state index in [4.69, 9.17) is 4.74 Å². The monoisotopic (exact) mass is 228 g/mol. The van der Waals surface area contributed by atoms with Crippen LogP contribution in [-0.4, -0.2) is 10.1 Å². The summed E-state index contributed by atoms with van der Waals surface area (Å²) in [6.45, 7) is 3.39. The van der Waals surface area contributed by atoms with Crippen molar-refractivity contribution in [2.24, 2.45) is 0 Å². The van der Waals surface area contributed by atoms with E-state index in [0.29, 0.717) is 0 Å². The van der Waals surface area contributed by atoms with Crippen LogP contribution in [0.25, 0.3) is 0 Å². The van der Waals surface area contributed by atoms with Crippen LogP contribution >= 0.6 is 22.6 Å². The van der Waals surface area contributed by atoms with Gasteiger partial charge in [-0.05, 0) is 29.0 Å². The predicted molar refractivity (Wildman–Crippen MR) is 39.9 cm³/mol. The summed E-state index contributed by atoms with van der Waals surface area (Å²) >= 11 is 2.08. The van der Waals surface area contributed by atoms with Gasteiger partial charge in [-0.15, -0.1) is 0 Å². The first-order valence-corrected chi connectivity index (χ1v) is 3.72. The average Bonchev–Trinajstić information content (AvgIpc) is 1.65. The van der Waals surface area contributed by atoms with Crippen LogP contribution in [0.1, 0.15) is 20.3 Å². The fraction of sp³-hybridized carbons (Fsp3) is 0.800. The number of halogens is 1. The minimum Gasteiger partial charge on any atom is -0.452 e. The van der Waals surface area contributed by atoms with Gasteiger partial charge in [-0.25, -0.2) is 0 Å². The van der Waals surface area contributed by atoms with Gasteiger partial charge in [0.15, 0.2) is 4.11 Å². The molecule has 0 N–H and O–H groups in total. The van der Waals surface area contributed by atoms with Crippen molar-refractivity contribution in [3.63, 3.8) is 0 Å². The van der Waals surface area contributed by atoms with Crippen LogP contribution in [0.5, 0.6) is 0 Å². The van der Waals surface area contributed by atoms with Gasteiger partial charge in [0.2, 0.25) is 0 Å². The molecule has 3 heteroatoms. The van der Waals surface area contributed by atoms with Crippen LogP contribution in [0.3, 0.4) is 0 Å². The third kappa shape index (κ3) is 4.36. The summed E-state index contributed by atoms with van der Waals surface area (Å²) in [7, 11) is 0. The third-order valence-corrected chi connectivity index (χ3v) is 1.75. The SMILES string of the molecule is CC[C@@H](I)OC(C)=O. The van der Waals surface area contributed by atoms with Crippen LogP contribution in [-0.2, 0) is 9.53 Å². The lowest BCUT2D eigenvalue weighted by Gasteiger charge is -2.04. The molecule has 0 saturated carbocycles. The normalized spacial score (nSPS) is 12.9. The summed E-state index contributed by atoms with van der Waals surface area (Å²) in [6, 6.07) is 0. The molecule has 0 fully saturated rings. The van der Waals surface area contributed by atoms with Gasteiger partial charge in [-0.2, -0.15) is 0 Å². The highest BCUT2D eigenvalue weighted by molar-refractivity contribution is 14.1. The molecule has 0 heterocycles. The Morgan fingerprint density at radius 1 is 1.88 bits per heavy atom. The van der Waals surface area contributed by atoms with Gasteiger partial charge in [0.25, 0.3) is 0 Å². The number of rotatable bonds is 2. The molecule has 2 nitrogen and oxygen atoms in total. The fourth-order valence-electron chi connectivity index (χ4n) is 0.263. The molecule has 0 radical (unpaired) electrons. The molecule has 0 saturated heterocycles. The third-order valence-electron chi connectivity index (χ3n) is 0.615. The van der Waals surface area contributed by atoms with E-state index in [-0.39, 0.29) is 10.1 Å². The van der Waals surface area contributed by atoms with Crippen molar-refractivity contribution in [2.45, 2.75) is 24.4 Å². The Hall–Kier alpha value is 0.200. The number of ether oxygens (including phenoxy) is 1. The molecule has 0 aliphatic carbocycles. The highest BCUT2D eigenvalue weighted by Gasteiger charge is 2.01. The van der Waals surface area contributed by atoms with E-state index in [1.807, 2.05) is 6.92 Å². The van der Waals surface area contributed by atoms with Crippen LogP contribution in [0.15, 0.2) is 0 Å². The van der Waals surface area contributed by atoms with Crippen LogP contribution < -0.4 is 0 Å². The first-order valence-electron chi connectivity index (χ1n) is 2.48. The summed E-state index contributed by atoms with van der Waals surface area (Å²) in [6.07, 6.45) is 0.875. The Morgan fingerprint density at radius 2 is 2.38 bits per heavy atom. The topological polar surface area (TPSA) is 26.3 Å². The highest BCUT2D eigenvalue weighted by atomic mass is 127. The van der Waals surface area contributed by atoms with E-state index in [1.165, 1.54) is 6.92 Å². The minimum absolute atomic E-state index is 0.0464.